The summed E-state index contributed by atoms with van der Waals surface area (Å²) in [6.45, 7) is 8.49. The van der Waals surface area contributed by atoms with E-state index in [2.05, 4.69) is 93.3 Å². The summed E-state index contributed by atoms with van der Waals surface area (Å²) in [5.74, 6) is 0. The Morgan fingerprint density at radius 2 is 1.41 bits per heavy atom. The lowest BCUT2D eigenvalue weighted by molar-refractivity contribution is 0.00578. The highest BCUT2D eigenvalue weighted by atomic mass is 16.7. The van der Waals surface area contributed by atoms with Crippen molar-refractivity contribution in [2.24, 2.45) is 0 Å². The van der Waals surface area contributed by atoms with Crippen LogP contribution >= 0.6 is 0 Å². The van der Waals surface area contributed by atoms with E-state index in [-0.39, 0.29) is 23.7 Å². The van der Waals surface area contributed by atoms with E-state index in [0.717, 1.165) is 11.0 Å². The van der Waals surface area contributed by atoms with Gasteiger partial charge in [-0.15, -0.1) is 0 Å². The first kappa shape index (κ1) is 23.2. The number of rotatable bonds is 2. The van der Waals surface area contributed by atoms with Crippen LogP contribution in [-0.4, -0.2) is 23.3 Å². The Hall–Kier alpha value is -2.95. The SMILES string of the molecule is CC1(C)OB(c2ccc3c(c2)-c2cc(-c4cccc5ncccc45)ccc2C32CCCCC2)OC1(C)C. The van der Waals surface area contributed by atoms with E-state index in [4.69, 9.17) is 9.31 Å². The molecule has 0 bridgehead atoms. The number of nitrogens with zero attached hydrogens (tertiary/aromatic N) is 1. The summed E-state index contributed by atoms with van der Waals surface area (Å²) in [5, 5.41) is 1.20. The van der Waals surface area contributed by atoms with E-state index in [1.165, 1.54) is 70.9 Å². The van der Waals surface area contributed by atoms with Gasteiger partial charge >= 0.3 is 7.12 Å². The van der Waals surface area contributed by atoms with Gasteiger partial charge in [-0.2, -0.15) is 0 Å². The van der Waals surface area contributed by atoms with Crippen LogP contribution in [0.1, 0.15) is 70.9 Å². The van der Waals surface area contributed by atoms with Crippen LogP contribution < -0.4 is 5.46 Å². The van der Waals surface area contributed by atoms with E-state index in [1.54, 1.807) is 0 Å². The Labute approximate surface area is 220 Å². The summed E-state index contributed by atoms with van der Waals surface area (Å²) in [6, 6.07) is 24.8. The molecule has 1 saturated carbocycles. The van der Waals surface area contributed by atoms with Crippen LogP contribution in [0.4, 0.5) is 0 Å². The molecular weight excluding hydrogens is 453 g/mol. The highest BCUT2D eigenvalue weighted by Crippen LogP contribution is 2.56. The minimum atomic E-state index is -0.353. The fraction of sp³-hybridized carbons (Fsp3) is 0.364. The third-order valence-electron chi connectivity index (χ3n) is 9.57. The molecule has 1 spiro atoms. The third-order valence-corrected chi connectivity index (χ3v) is 9.57. The van der Waals surface area contributed by atoms with Gasteiger partial charge in [-0.25, -0.2) is 0 Å². The largest absolute Gasteiger partial charge is 0.494 e. The van der Waals surface area contributed by atoms with Crippen LogP contribution in [0.3, 0.4) is 0 Å². The molecule has 2 fully saturated rings. The van der Waals surface area contributed by atoms with Crippen molar-refractivity contribution in [1.29, 1.82) is 0 Å². The van der Waals surface area contributed by atoms with Gasteiger partial charge in [0, 0.05) is 17.0 Å². The molecular formula is C33H34BNO2. The molecule has 0 amide bonds. The summed E-state index contributed by atoms with van der Waals surface area (Å²) >= 11 is 0. The number of benzene rings is 3. The second-order valence-corrected chi connectivity index (χ2v) is 12.2. The van der Waals surface area contributed by atoms with E-state index in [0.29, 0.717) is 0 Å². The van der Waals surface area contributed by atoms with Crippen molar-refractivity contribution in [2.75, 3.05) is 0 Å². The van der Waals surface area contributed by atoms with E-state index in [1.807, 2.05) is 12.3 Å². The molecule has 0 atom stereocenters. The number of pyridine rings is 1. The zero-order chi connectivity index (χ0) is 25.4. The van der Waals surface area contributed by atoms with Crippen molar-refractivity contribution in [3.05, 3.63) is 84.1 Å². The molecule has 3 nitrogen and oxygen atoms in total. The quantitative estimate of drug-likeness (QED) is 0.276. The van der Waals surface area contributed by atoms with Crippen LogP contribution in [0.2, 0.25) is 0 Å². The molecule has 37 heavy (non-hydrogen) atoms. The summed E-state index contributed by atoms with van der Waals surface area (Å²) in [6.07, 6.45) is 8.22. The summed E-state index contributed by atoms with van der Waals surface area (Å²) in [5.41, 5.74) is 9.75. The van der Waals surface area contributed by atoms with E-state index >= 15 is 0 Å². The topological polar surface area (TPSA) is 31.4 Å². The van der Waals surface area contributed by atoms with Gasteiger partial charge < -0.3 is 9.31 Å². The molecule has 1 aromatic heterocycles. The van der Waals surface area contributed by atoms with Gasteiger partial charge in [0.1, 0.15) is 0 Å². The molecule has 2 aliphatic carbocycles. The van der Waals surface area contributed by atoms with E-state index < -0.39 is 0 Å². The second kappa shape index (κ2) is 8.03. The highest BCUT2D eigenvalue weighted by molar-refractivity contribution is 6.62. The minimum Gasteiger partial charge on any atom is -0.399 e. The Balaban J connectivity index is 1.39. The van der Waals surface area contributed by atoms with Gasteiger partial charge in [0.25, 0.3) is 0 Å². The lowest BCUT2D eigenvalue weighted by Gasteiger charge is -2.36. The second-order valence-electron chi connectivity index (χ2n) is 12.2. The normalized spacial score (nSPS) is 20.8. The highest BCUT2D eigenvalue weighted by Gasteiger charge is 2.52. The summed E-state index contributed by atoms with van der Waals surface area (Å²) in [4.78, 5) is 4.60. The van der Waals surface area contributed by atoms with Gasteiger partial charge in [-0.05, 0) is 97.6 Å². The molecule has 4 aromatic rings. The predicted molar refractivity (Wildman–Crippen MR) is 152 cm³/mol. The van der Waals surface area contributed by atoms with Crippen LogP contribution in [0.25, 0.3) is 33.2 Å². The molecule has 1 aliphatic heterocycles. The van der Waals surface area contributed by atoms with Gasteiger partial charge in [0.05, 0.1) is 16.7 Å². The van der Waals surface area contributed by atoms with Crippen molar-refractivity contribution < 1.29 is 9.31 Å². The van der Waals surface area contributed by atoms with Crippen molar-refractivity contribution in [1.82, 2.24) is 4.98 Å². The summed E-state index contributed by atoms with van der Waals surface area (Å²) in [7, 11) is -0.353. The first-order valence-electron chi connectivity index (χ1n) is 13.8. The molecule has 0 radical (unpaired) electrons. The maximum atomic E-state index is 6.45. The van der Waals surface area contributed by atoms with Crippen LogP contribution in [0.5, 0.6) is 0 Å². The molecule has 1 saturated heterocycles. The van der Waals surface area contributed by atoms with E-state index in [9.17, 15) is 0 Å². The monoisotopic (exact) mass is 487 g/mol. The van der Waals surface area contributed by atoms with Gasteiger partial charge in [-0.3, -0.25) is 4.98 Å². The number of hydrogen-bond acceptors (Lipinski definition) is 3. The number of fused-ring (bicyclic) bond motifs is 6. The standard InChI is InChI=1S/C33H34BNO2/c1-31(2)32(3,4)37-34(36-31)23-14-16-29-27(21-23)26-20-22(13-15-28(26)33(29)17-6-5-7-18-33)24-10-8-12-30-25(24)11-9-19-35-30/h8-16,19-21H,5-7,17-18H2,1-4H3. The fourth-order valence-electron chi connectivity index (χ4n) is 6.87. The average Bonchev–Trinajstić information content (AvgIpc) is 3.29. The van der Waals surface area contributed by atoms with Gasteiger partial charge in [-0.1, -0.05) is 67.8 Å². The van der Waals surface area contributed by atoms with Crippen LogP contribution in [-0.2, 0) is 14.7 Å². The first-order chi connectivity index (χ1) is 17.8. The fourth-order valence-corrected chi connectivity index (χ4v) is 6.87. The van der Waals surface area contributed by atoms with Crippen LogP contribution in [0, 0.1) is 0 Å². The number of hydrogen-bond donors (Lipinski definition) is 0. The number of aromatic nitrogens is 1. The maximum Gasteiger partial charge on any atom is 0.494 e. The minimum absolute atomic E-state index is 0.121. The lowest BCUT2D eigenvalue weighted by Crippen LogP contribution is -2.41. The zero-order valence-electron chi connectivity index (χ0n) is 22.3. The molecule has 7 rings (SSSR count). The molecule has 186 valence electrons. The van der Waals surface area contributed by atoms with Crippen molar-refractivity contribution in [2.45, 2.75) is 76.4 Å². The Bertz CT molecular complexity index is 1510. The molecule has 3 aliphatic rings. The summed E-state index contributed by atoms with van der Waals surface area (Å²) < 4.78 is 12.9. The average molecular weight is 487 g/mol. The Morgan fingerprint density at radius 1 is 0.703 bits per heavy atom. The molecule has 0 N–H and O–H groups in total. The van der Waals surface area contributed by atoms with Gasteiger partial charge in [0.15, 0.2) is 0 Å². The smallest absolute Gasteiger partial charge is 0.399 e. The molecule has 4 heteroatoms. The first-order valence-corrected chi connectivity index (χ1v) is 13.8. The lowest BCUT2D eigenvalue weighted by atomic mass is 9.67. The van der Waals surface area contributed by atoms with Crippen LogP contribution in [0.15, 0.2) is 72.9 Å². The molecule has 2 heterocycles. The predicted octanol–water partition coefficient (Wildman–Crippen LogP) is 7.43. The zero-order valence-corrected chi connectivity index (χ0v) is 22.3. The van der Waals surface area contributed by atoms with Crippen molar-refractivity contribution in [3.63, 3.8) is 0 Å². The van der Waals surface area contributed by atoms with Gasteiger partial charge in [0.2, 0.25) is 0 Å². The van der Waals surface area contributed by atoms with Crippen molar-refractivity contribution in [3.8, 4) is 22.3 Å². The molecule has 3 aromatic carbocycles. The van der Waals surface area contributed by atoms with Crippen molar-refractivity contribution >= 4 is 23.5 Å². The maximum absolute atomic E-state index is 6.45. The Kier molecular flexibility index (Phi) is 5.03. The molecule has 0 unspecified atom stereocenters. The third kappa shape index (κ3) is 3.38. The Morgan fingerprint density at radius 3 is 2.16 bits per heavy atom.